The maximum atomic E-state index is 5.00. The molecule has 0 atom stereocenters. The summed E-state index contributed by atoms with van der Waals surface area (Å²) in [4.78, 5) is 0. The van der Waals surface area contributed by atoms with Gasteiger partial charge in [-0.25, -0.2) is 5.88 Å². The summed E-state index contributed by atoms with van der Waals surface area (Å²) in [5, 5.41) is 0. The number of rotatable bonds is 1. The van der Waals surface area contributed by atoms with Crippen molar-refractivity contribution in [1.29, 1.82) is 0 Å². The van der Waals surface area contributed by atoms with Gasteiger partial charge in [0, 0.05) is 0 Å². The number of alkyl halides is 1. The van der Waals surface area contributed by atoms with Crippen molar-refractivity contribution in [2.75, 3.05) is 5.88 Å². The third-order valence-electron chi connectivity index (χ3n) is 0.0583. The Labute approximate surface area is 97.9 Å². The Kier molecular flexibility index (Phi) is 296. The first kappa shape index (κ1) is 29.5. The van der Waals surface area contributed by atoms with E-state index in [9.17, 15) is 0 Å². The van der Waals surface area contributed by atoms with E-state index < -0.39 is 0 Å². The van der Waals surface area contributed by atoms with Crippen LogP contribution in [0.4, 0.5) is 0 Å². The molecule has 0 radical (unpaired) electrons. The van der Waals surface area contributed by atoms with Crippen LogP contribution in [0.1, 0.15) is 20.8 Å². The van der Waals surface area contributed by atoms with E-state index in [2.05, 4.69) is 20.8 Å². The zero-order valence-corrected chi connectivity index (χ0v) is 10.7. The molecule has 0 amide bonds. The molecular weight excluding hydrogens is 215 g/mol. The van der Waals surface area contributed by atoms with E-state index in [4.69, 9.17) is 23.2 Å². The Morgan fingerprint density at radius 1 is 1.00 bits per heavy atom. The van der Waals surface area contributed by atoms with Crippen molar-refractivity contribution in [2.45, 2.75) is 20.8 Å². The molecule has 68 valence electrons. The van der Waals surface area contributed by atoms with Gasteiger partial charge in [-0.2, -0.15) is 32.4 Å². The normalized spacial score (nSPS) is 4.36. The van der Waals surface area contributed by atoms with Crippen molar-refractivity contribution < 1.29 is 21.7 Å². The van der Waals surface area contributed by atoms with Crippen LogP contribution >= 0.6 is 23.2 Å². The Balaban J connectivity index is -0.0000000152. The molecule has 0 nitrogen and oxygen atoms in total. The van der Waals surface area contributed by atoms with Crippen molar-refractivity contribution >= 4 is 23.2 Å². The van der Waals surface area contributed by atoms with Crippen LogP contribution in [-0.2, 0) is 21.7 Å². The minimum absolute atomic E-state index is 0. The van der Waals surface area contributed by atoms with E-state index >= 15 is 0 Å². The SMILES string of the molecule is Cl[CH-]CCl.[CH2-]C.[CH2-]C.[CH2-]C.[Ti+4]. The molecule has 0 spiro atoms. The van der Waals surface area contributed by atoms with Gasteiger partial charge in [0.1, 0.15) is 0 Å². The fraction of sp³-hybridized carbons (Fsp3) is 0.500. The van der Waals surface area contributed by atoms with Gasteiger partial charge < -0.3 is 32.4 Å². The Morgan fingerprint density at radius 2 is 1.09 bits per heavy atom. The fourth-order valence-electron chi connectivity index (χ4n) is 0. The molecule has 0 aliphatic heterocycles. The van der Waals surface area contributed by atoms with E-state index in [-0.39, 0.29) is 21.7 Å². The van der Waals surface area contributed by atoms with E-state index in [0.29, 0.717) is 5.88 Å². The van der Waals surface area contributed by atoms with Crippen LogP contribution in [0, 0.1) is 26.7 Å². The molecule has 0 fully saturated rings. The monoisotopic (exact) mass is 232 g/mol. The summed E-state index contributed by atoms with van der Waals surface area (Å²) >= 11 is 9.93. The minimum Gasteiger partial charge on any atom is -0.348 e. The maximum Gasteiger partial charge on any atom is 4.00 e. The molecule has 11 heavy (non-hydrogen) atoms. The van der Waals surface area contributed by atoms with E-state index in [1.807, 2.05) is 0 Å². The summed E-state index contributed by atoms with van der Waals surface area (Å²) in [6, 6.07) is 0. The van der Waals surface area contributed by atoms with Crippen LogP contribution in [0.2, 0.25) is 0 Å². The van der Waals surface area contributed by atoms with Crippen LogP contribution in [0.3, 0.4) is 0 Å². The second kappa shape index (κ2) is 110. The first-order valence-corrected chi connectivity index (χ1v) is 3.99. The second-order valence-electron chi connectivity index (χ2n) is 0.309. The minimum atomic E-state index is 0. The summed E-state index contributed by atoms with van der Waals surface area (Å²) in [6.07, 6.45) is 0. The van der Waals surface area contributed by atoms with Gasteiger partial charge in [-0.15, -0.1) is 0 Å². The predicted molar refractivity (Wildman–Crippen MR) is 54.0 cm³/mol. The largest absolute Gasteiger partial charge is 4.00 e. The van der Waals surface area contributed by atoms with Gasteiger partial charge in [-0.3, -0.25) is 0 Å². The smallest absolute Gasteiger partial charge is 0.348 e. The molecular formula is C8H18Cl2Ti. The summed E-state index contributed by atoms with van der Waals surface area (Å²) < 4.78 is 0. The van der Waals surface area contributed by atoms with Crippen molar-refractivity contribution in [1.82, 2.24) is 0 Å². The molecule has 0 aromatic heterocycles. The number of hydrogen-bond acceptors (Lipinski definition) is 0. The maximum absolute atomic E-state index is 5.00. The number of hydrogen-bond donors (Lipinski definition) is 0. The summed E-state index contributed by atoms with van der Waals surface area (Å²) in [5.74, 6) is 1.79. The van der Waals surface area contributed by atoms with Gasteiger partial charge in [0.05, 0.1) is 0 Å². The summed E-state index contributed by atoms with van der Waals surface area (Å²) in [6.45, 7) is 15.0. The molecule has 0 heterocycles. The van der Waals surface area contributed by atoms with Gasteiger partial charge >= 0.3 is 21.7 Å². The van der Waals surface area contributed by atoms with E-state index in [1.54, 1.807) is 20.8 Å². The number of halogens is 2. The van der Waals surface area contributed by atoms with Crippen molar-refractivity contribution in [3.63, 3.8) is 0 Å². The molecule has 0 saturated heterocycles. The van der Waals surface area contributed by atoms with Crippen molar-refractivity contribution in [2.24, 2.45) is 0 Å². The van der Waals surface area contributed by atoms with Crippen molar-refractivity contribution in [3.05, 3.63) is 26.7 Å². The first-order valence-electron chi connectivity index (χ1n) is 3.02. The molecule has 3 heteroatoms. The van der Waals surface area contributed by atoms with Gasteiger partial charge in [-0.1, -0.05) is 5.88 Å². The molecule has 0 rings (SSSR count). The molecule has 0 aromatic rings. The topological polar surface area (TPSA) is 0 Å². The van der Waals surface area contributed by atoms with E-state index in [0.717, 1.165) is 0 Å². The van der Waals surface area contributed by atoms with Crippen LogP contribution < -0.4 is 0 Å². The summed E-state index contributed by atoms with van der Waals surface area (Å²) in [5.41, 5.74) is 0. The summed E-state index contributed by atoms with van der Waals surface area (Å²) in [7, 11) is 0. The Morgan fingerprint density at radius 3 is 1.09 bits per heavy atom. The molecule has 0 aliphatic carbocycles. The molecule has 0 N–H and O–H groups in total. The van der Waals surface area contributed by atoms with Crippen LogP contribution in [0.15, 0.2) is 0 Å². The molecule has 0 saturated carbocycles. The molecule has 0 aromatic carbocycles. The van der Waals surface area contributed by atoms with Crippen molar-refractivity contribution in [3.8, 4) is 0 Å². The van der Waals surface area contributed by atoms with Gasteiger partial charge in [0.25, 0.3) is 0 Å². The molecule has 0 bridgehead atoms. The standard InChI is InChI=1S/C2H3Cl2.3C2H5.Ti/c3-1-2-4;3*1-2;/h1H,2H2;3*1H2,2H3;/q4*-1;+4. The van der Waals surface area contributed by atoms with Crippen LogP contribution in [0.5, 0.6) is 0 Å². The zero-order chi connectivity index (χ0) is 9.41. The van der Waals surface area contributed by atoms with Gasteiger partial charge in [-0.05, 0) is 0 Å². The molecule has 0 aliphatic rings. The average Bonchev–Trinajstić information content (AvgIpc) is 2.14. The quantitative estimate of drug-likeness (QED) is 0.362. The van der Waals surface area contributed by atoms with Crippen LogP contribution in [-0.4, -0.2) is 5.88 Å². The predicted octanol–water partition coefficient (Wildman–Crippen LogP) is 4.14. The average molecular weight is 233 g/mol. The second-order valence-corrected chi connectivity index (χ2v) is 0.926. The Bertz CT molecular complexity index is 14.1. The molecule has 0 unspecified atom stereocenters. The fourth-order valence-corrected chi connectivity index (χ4v) is 0. The third kappa shape index (κ3) is 185. The third-order valence-corrected chi connectivity index (χ3v) is 0.525. The van der Waals surface area contributed by atoms with E-state index in [1.165, 1.54) is 5.88 Å². The Hall–Kier alpha value is 1.29. The van der Waals surface area contributed by atoms with Gasteiger partial charge in [0.15, 0.2) is 0 Å². The zero-order valence-electron chi connectivity index (χ0n) is 7.66. The van der Waals surface area contributed by atoms with Gasteiger partial charge in [0.2, 0.25) is 0 Å². The first-order chi connectivity index (χ1) is 4.91. The van der Waals surface area contributed by atoms with Crippen LogP contribution in [0.25, 0.3) is 0 Å².